The van der Waals surface area contributed by atoms with E-state index in [1.54, 1.807) is 0 Å². The fraction of sp³-hybridized carbons (Fsp3) is 0.400. The number of halogens is 1. The molecule has 4 nitrogen and oxygen atoms in total. The number of ether oxygens (including phenoxy) is 1. The molecule has 0 spiro atoms. The number of hydrogen-bond donors (Lipinski definition) is 1. The number of rotatable bonds is 6. The van der Waals surface area contributed by atoms with Crippen LogP contribution < -0.4 is 10.1 Å². The maximum absolute atomic E-state index is 5.62. The maximum Gasteiger partial charge on any atom is 0.142 e. The van der Waals surface area contributed by atoms with E-state index in [9.17, 15) is 0 Å². The fourth-order valence-corrected chi connectivity index (χ4v) is 2.54. The molecule has 0 aliphatic carbocycles. The molecule has 1 aromatic heterocycles. The van der Waals surface area contributed by atoms with Gasteiger partial charge in [-0.2, -0.15) is 5.10 Å². The molecule has 2 aromatic rings. The number of hydrogen-bond acceptors (Lipinski definition) is 3. The van der Waals surface area contributed by atoms with E-state index < -0.39 is 0 Å². The molecule has 1 heterocycles. The van der Waals surface area contributed by atoms with Crippen molar-refractivity contribution in [2.45, 2.75) is 33.9 Å². The number of aromatic nitrogens is 2. The number of nitrogens with zero attached hydrogens (tertiary/aromatic N) is 2. The second-order valence-corrected chi connectivity index (χ2v) is 5.24. The van der Waals surface area contributed by atoms with Gasteiger partial charge in [-0.15, -0.1) is 0 Å². The van der Waals surface area contributed by atoms with Crippen LogP contribution >= 0.6 is 15.9 Å². The lowest BCUT2D eigenvalue weighted by atomic mass is 10.2. The molecule has 20 heavy (non-hydrogen) atoms. The second kappa shape index (κ2) is 6.79. The lowest BCUT2D eigenvalue weighted by Gasteiger charge is -2.13. The van der Waals surface area contributed by atoms with Crippen LogP contribution in [-0.2, 0) is 13.1 Å². The SMILES string of the molecule is CCOc1ccccc1NCc1c(Br)c(C)nn1CC. The minimum absolute atomic E-state index is 0.661. The van der Waals surface area contributed by atoms with Gasteiger partial charge in [0.15, 0.2) is 0 Å². The molecule has 0 aliphatic rings. The van der Waals surface area contributed by atoms with E-state index in [0.29, 0.717) is 13.2 Å². The van der Waals surface area contributed by atoms with Crippen molar-refractivity contribution < 1.29 is 4.74 Å². The Hall–Kier alpha value is -1.49. The van der Waals surface area contributed by atoms with Crippen molar-refractivity contribution in [3.8, 4) is 5.75 Å². The summed E-state index contributed by atoms with van der Waals surface area (Å²) in [4.78, 5) is 0. The first-order valence-electron chi connectivity index (χ1n) is 6.84. The molecule has 1 N–H and O–H groups in total. The summed E-state index contributed by atoms with van der Waals surface area (Å²) in [5, 5.41) is 7.93. The van der Waals surface area contributed by atoms with Gasteiger partial charge >= 0.3 is 0 Å². The van der Waals surface area contributed by atoms with Crippen LogP contribution in [0.25, 0.3) is 0 Å². The zero-order valence-electron chi connectivity index (χ0n) is 12.1. The third-order valence-corrected chi connectivity index (χ3v) is 4.12. The summed E-state index contributed by atoms with van der Waals surface area (Å²) in [5.41, 5.74) is 3.17. The van der Waals surface area contributed by atoms with Crippen LogP contribution in [0.1, 0.15) is 25.2 Å². The highest BCUT2D eigenvalue weighted by Crippen LogP contribution is 2.26. The fourth-order valence-electron chi connectivity index (χ4n) is 2.11. The molecule has 108 valence electrons. The number of nitrogens with one attached hydrogen (secondary N) is 1. The van der Waals surface area contributed by atoms with Crippen molar-refractivity contribution in [3.63, 3.8) is 0 Å². The van der Waals surface area contributed by atoms with Gasteiger partial charge in [0.2, 0.25) is 0 Å². The molecular weight excluding hydrogens is 318 g/mol. The average Bonchev–Trinajstić information content (AvgIpc) is 2.74. The van der Waals surface area contributed by atoms with Crippen molar-refractivity contribution in [1.29, 1.82) is 0 Å². The average molecular weight is 338 g/mol. The summed E-state index contributed by atoms with van der Waals surface area (Å²) in [5.74, 6) is 0.880. The van der Waals surface area contributed by atoms with Crippen LogP contribution in [0.4, 0.5) is 5.69 Å². The van der Waals surface area contributed by atoms with Crippen molar-refractivity contribution in [1.82, 2.24) is 9.78 Å². The first-order chi connectivity index (χ1) is 9.67. The Balaban J connectivity index is 2.17. The van der Waals surface area contributed by atoms with E-state index in [0.717, 1.165) is 33.8 Å². The topological polar surface area (TPSA) is 39.1 Å². The Labute approximate surface area is 128 Å². The number of aryl methyl sites for hydroxylation is 2. The summed E-state index contributed by atoms with van der Waals surface area (Å²) < 4.78 is 8.70. The molecule has 0 bridgehead atoms. The zero-order valence-corrected chi connectivity index (χ0v) is 13.7. The third-order valence-electron chi connectivity index (χ3n) is 3.09. The number of para-hydroxylation sites is 2. The van der Waals surface area contributed by atoms with Crippen LogP contribution in [0.15, 0.2) is 28.7 Å². The monoisotopic (exact) mass is 337 g/mol. The molecule has 2 rings (SSSR count). The van der Waals surface area contributed by atoms with Crippen LogP contribution in [0, 0.1) is 6.92 Å². The van der Waals surface area contributed by atoms with E-state index in [-0.39, 0.29) is 0 Å². The first kappa shape index (κ1) is 14.9. The van der Waals surface area contributed by atoms with Gasteiger partial charge in [-0.3, -0.25) is 4.68 Å². The highest BCUT2D eigenvalue weighted by molar-refractivity contribution is 9.10. The van der Waals surface area contributed by atoms with Crippen LogP contribution in [0.5, 0.6) is 5.75 Å². The predicted octanol–water partition coefficient (Wildman–Crippen LogP) is 3.98. The summed E-state index contributed by atoms with van der Waals surface area (Å²) >= 11 is 3.61. The van der Waals surface area contributed by atoms with Gasteiger partial charge in [-0.05, 0) is 48.8 Å². The minimum Gasteiger partial charge on any atom is -0.492 e. The highest BCUT2D eigenvalue weighted by atomic mass is 79.9. The largest absolute Gasteiger partial charge is 0.492 e. The zero-order chi connectivity index (χ0) is 14.5. The van der Waals surface area contributed by atoms with Crippen molar-refractivity contribution in [2.75, 3.05) is 11.9 Å². The Kier molecular flexibility index (Phi) is 5.06. The Bertz CT molecular complexity index is 580. The van der Waals surface area contributed by atoms with Gasteiger partial charge in [-0.1, -0.05) is 12.1 Å². The lowest BCUT2D eigenvalue weighted by molar-refractivity contribution is 0.341. The van der Waals surface area contributed by atoms with E-state index in [4.69, 9.17) is 4.74 Å². The van der Waals surface area contributed by atoms with Crippen molar-refractivity contribution in [3.05, 3.63) is 40.1 Å². The van der Waals surface area contributed by atoms with E-state index >= 15 is 0 Å². The summed E-state index contributed by atoms with van der Waals surface area (Å²) in [6, 6.07) is 7.98. The molecule has 1 aromatic carbocycles. The van der Waals surface area contributed by atoms with E-state index in [2.05, 4.69) is 33.3 Å². The van der Waals surface area contributed by atoms with Gasteiger partial charge in [-0.25, -0.2) is 0 Å². The molecule has 0 saturated carbocycles. The van der Waals surface area contributed by atoms with E-state index in [1.807, 2.05) is 42.8 Å². The minimum atomic E-state index is 0.661. The standard InChI is InChI=1S/C15H20BrN3O/c1-4-19-13(15(16)11(3)18-19)10-17-12-8-6-7-9-14(12)20-5-2/h6-9,17H,4-5,10H2,1-3H3. The predicted molar refractivity (Wildman–Crippen MR) is 85.3 cm³/mol. The van der Waals surface area contributed by atoms with Gasteiger partial charge in [0, 0.05) is 6.54 Å². The third kappa shape index (κ3) is 3.15. The van der Waals surface area contributed by atoms with Gasteiger partial charge in [0.05, 0.1) is 34.7 Å². The molecule has 5 heteroatoms. The molecular formula is C15H20BrN3O. The van der Waals surface area contributed by atoms with Crippen LogP contribution in [-0.4, -0.2) is 16.4 Å². The molecule has 0 amide bonds. The Morgan fingerprint density at radius 1 is 1.30 bits per heavy atom. The molecule has 0 radical (unpaired) electrons. The number of benzene rings is 1. The van der Waals surface area contributed by atoms with Gasteiger partial charge < -0.3 is 10.1 Å². The van der Waals surface area contributed by atoms with Gasteiger partial charge in [0.25, 0.3) is 0 Å². The summed E-state index contributed by atoms with van der Waals surface area (Å²) in [6.07, 6.45) is 0. The molecule has 0 atom stereocenters. The highest BCUT2D eigenvalue weighted by Gasteiger charge is 2.12. The summed E-state index contributed by atoms with van der Waals surface area (Å²) in [6.45, 7) is 8.32. The smallest absolute Gasteiger partial charge is 0.142 e. The second-order valence-electron chi connectivity index (χ2n) is 4.44. The first-order valence-corrected chi connectivity index (χ1v) is 7.64. The Morgan fingerprint density at radius 3 is 2.75 bits per heavy atom. The van der Waals surface area contributed by atoms with Crippen LogP contribution in [0.2, 0.25) is 0 Å². The maximum atomic E-state index is 5.62. The van der Waals surface area contributed by atoms with Crippen LogP contribution in [0.3, 0.4) is 0 Å². The summed E-state index contributed by atoms with van der Waals surface area (Å²) in [7, 11) is 0. The Morgan fingerprint density at radius 2 is 2.05 bits per heavy atom. The van der Waals surface area contributed by atoms with Crippen molar-refractivity contribution >= 4 is 21.6 Å². The molecule has 0 fully saturated rings. The lowest BCUT2D eigenvalue weighted by Crippen LogP contribution is -2.09. The molecule has 0 aliphatic heterocycles. The quantitative estimate of drug-likeness (QED) is 0.866. The normalized spacial score (nSPS) is 10.6. The van der Waals surface area contributed by atoms with Gasteiger partial charge in [0.1, 0.15) is 5.75 Å². The van der Waals surface area contributed by atoms with Crippen molar-refractivity contribution in [2.24, 2.45) is 0 Å². The number of anilines is 1. The molecule has 0 saturated heterocycles. The van der Waals surface area contributed by atoms with E-state index in [1.165, 1.54) is 0 Å². The molecule has 0 unspecified atom stereocenters.